The summed E-state index contributed by atoms with van der Waals surface area (Å²) in [5.41, 5.74) is 0. The van der Waals surface area contributed by atoms with Crippen LogP contribution in [0.5, 0.6) is 0 Å². The van der Waals surface area contributed by atoms with Crippen molar-refractivity contribution < 1.29 is 0 Å². The Hall–Kier alpha value is -0.520. The summed E-state index contributed by atoms with van der Waals surface area (Å²) >= 11 is 0. The van der Waals surface area contributed by atoms with Gasteiger partial charge in [0.1, 0.15) is 0 Å². The van der Waals surface area contributed by atoms with Crippen LogP contribution in [0, 0.1) is 0 Å². The zero-order valence-corrected chi connectivity index (χ0v) is 12.8. The Morgan fingerprint density at radius 3 is 1.28 bits per heavy atom. The minimum Gasteiger partial charge on any atom is -0.0845 e. The van der Waals surface area contributed by atoms with Gasteiger partial charge in [0.05, 0.1) is 0 Å². The fraction of sp³-hybridized carbons (Fsp3) is 0.778. The van der Waals surface area contributed by atoms with E-state index in [1.807, 2.05) is 0 Å². The van der Waals surface area contributed by atoms with Gasteiger partial charge in [0.25, 0.3) is 0 Å². The van der Waals surface area contributed by atoms with Gasteiger partial charge >= 0.3 is 0 Å². The van der Waals surface area contributed by atoms with E-state index in [9.17, 15) is 0 Å². The molecule has 0 aliphatic heterocycles. The smallest absolute Gasteiger partial charge is 0.0348 e. The van der Waals surface area contributed by atoms with Crippen LogP contribution >= 0.6 is 0 Å². The number of unbranched alkanes of at least 4 members (excludes halogenated alkanes) is 10. The second-order valence-electron chi connectivity index (χ2n) is 5.26. The summed E-state index contributed by atoms with van der Waals surface area (Å²) in [4.78, 5) is 0. The van der Waals surface area contributed by atoms with Crippen molar-refractivity contribution in [2.24, 2.45) is 0 Å². The largest absolute Gasteiger partial charge is 0.0845 e. The maximum Gasteiger partial charge on any atom is -0.0348 e. The van der Waals surface area contributed by atoms with Crippen LogP contribution in [0.15, 0.2) is 24.3 Å². The Kier molecular flexibility index (Phi) is 16.0. The van der Waals surface area contributed by atoms with Gasteiger partial charge in [-0.2, -0.15) is 0 Å². The summed E-state index contributed by atoms with van der Waals surface area (Å²) in [6, 6.07) is 0. The summed E-state index contributed by atoms with van der Waals surface area (Å²) < 4.78 is 0. The second-order valence-corrected chi connectivity index (χ2v) is 5.26. The minimum absolute atomic E-state index is 1.25. The highest BCUT2D eigenvalue weighted by Gasteiger charge is 1.86. The van der Waals surface area contributed by atoms with E-state index in [1.165, 1.54) is 77.0 Å². The van der Waals surface area contributed by atoms with Crippen LogP contribution in [0.3, 0.4) is 0 Å². The Bertz CT molecular complexity index is 166. The molecule has 0 nitrogen and oxygen atoms in total. The number of hydrogen-bond donors (Lipinski definition) is 0. The Labute approximate surface area is 116 Å². The summed E-state index contributed by atoms with van der Waals surface area (Å²) in [7, 11) is 0. The maximum absolute atomic E-state index is 2.32. The van der Waals surface area contributed by atoms with Gasteiger partial charge in [-0.1, -0.05) is 89.5 Å². The summed E-state index contributed by atoms with van der Waals surface area (Å²) in [5, 5.41) is 0. The molecule has 0 unspecified atom stereocenters. The molecule has 0 atom stereocenters. The molecule has 0 heteroatoms. The van der Waals surface area contributed by atoms with Crippen LogP contribution < -0.4 is 0 Å². The molecule has 0 bridgehead atoms. The molecule has 0 aromatic rings. The highest BCUT2D eigenvalue weighted by atomic mass is 13.9. The molecule has 0 spiro atoms. The zero-order chi connectivity index (χ0) is 13.3. The topological polar surface area (TPSA) is 0 Å². The molecule has 0 saturated heterocycles. The van der Waals surface area contributed by atoms with Crippen molar-refractivity contribution in [2.75, 3.05) is 0 Å². The van der Waals surface area contributed by atoms with Gasteiger partial charge < -0.3 is 0 Å². The van der Waals surface area contributed by atoms with Gasteiger partial charge in [-0.25, -0.2) is 0 Å². The van der Waals surface area contributed by atoms with Crippen molar-refractivity contribution in [3.8, 4) is 0 Å². The average molecular weight is 250 g/mol. The molecule has 0 aliphatic carbocycles. The van der Waals surface area contributed by atoms with Crippen molar-refractivity contribution in [3.63, 3.8) is 0 Å². The predicted molar refractivity (Wildman–Crippen MR) is 85.0 cm³/mol. The summed E-state index contributed by atoms with van der Waals surface area (Å²) in [6.45, 7) is 4.54. The van der Waals surface area contributed by atoms with E-state index in [1.54, 1.807) is 0 Å². The molecule has 0 aliphatic rings. The van der Waals surface area contributed by atoms with Crippen LogP contribution in [-0.2, 0) is 0 Å². The van der Waals surface area contributed by atoms with Crippen molar-refractivity contribution in [1.82, 2.24) is 0 Å². The highest BCUT2D eigenvalue weighted by molar-refractivity contribution is 5.02. The highest BCUT2D eigenvalue weighted by Crippen LogP contribution is 2.06. The molecule has 0 amide bonds. The SMILES string of the molecule is CCCCCCC/C=C\C=C\CCCCCCC. The molecule has 18 heavy (non-hydrogen) atoms. The van der Waals surface area contributed by atoms with E-state index in [-0.39, 0.29) is 0 Å². The van der Waals surface area contributed by atoms with Gasteiger partial charge in [-0.05, 0) is 25.7 Å². The fourth-order valence-electron chi connectivity index (χ4n) is 2.08. The van der Waals surface area contributed by atoms with Crippen LogP contribution in [0.1, 0.15) is 90.9 Å². The normalized spacial score (nSPS) is 11.9. The van der Waals surface area contributed by atoms with Gasteiger partial charge in [0, 0.05) is 0 Å². The van der Waals surface area contributed by atoms with E-state index >= 15 is 0 Å². The number of rotatable bonds is 13. The van der Waals surface area contributed by atoms with Crippen LogP contribution in [0.25, 0.3) is 0 Å². The molecule has 0 heterocycles. The van der Waals surface area contributed by atoms with Gasteiger partial charge in [-0.15, -0.1) is 0 Å². The van der Waals surface area contributed by atoms with Crippen molar-refractivity contribution in [3.05, 3.63) is 24.3 Å². The first kappa shape index (κ1) is 17.5. The lowest BCUT2D eigenvalue weighted by atomic mass is 10.1. The molecule has 0 rings (SSSR count). The van der Waals surface area contributed by atoms with Crippen molar-refractivity contribution in [2.45, 2.75) is 90.9 Å². The average Bonchev–Trinajstić information content (AvgIpc) is 2.39. The van der Waals surface area contributed by atoms with E-state index in [0.29, 0.717) is 0 Å². The lowest BCUT2D eigenvalue weighted by molar-refractivity contribution is 0.637. The van der Waals surface area contributed by atoms with Crippen molar-refractivity contribution >= 4 is 0 Å². The molecule has 0 fully saturated rings. The first-order valence-corrected chi connectivity index (χ1v) is 8.23. The molecule has 0 radical (unpaired) electrons. The number of allylic oxidation sites excluding steroid dienone is 4. The Morgan fingerprint density at radius 2 is 0.889 bits per heavy atom. The maximum atomic E-state index is 2.32. The zero-order valence-electron chi connectivity index (χ0n) is 12.8. The van der Waals surface area contributed by atoms with Crippen LogP contribution in [-0.4, -0.2) is 0 Å². The van der Waals surface area contributed by atoms with Crippen LogP contribution in [0.4, 0.5) is 0 Å². The first-order valence-electron chi connectivity index (χ1n) is 8.23. The molecule has 106 valence electrons. The molecular weight excluding hydrogens is 216 g/mol. The minimum atomic E-state index is 1.25. The lowest BCUT2D eigenvalue weighted by Gasteiger charge is -1.96. The van der Waals surface area contributed by atoms with Crippen molar-refractivity contribution in [1.29, 1.82) is 0 Å². The van der Waals surface area contributed by atoms with E-state index in [4.69, 9.17) is 0 Å². The van der Waals surface area contributed by atoms with E-state index in [0.717, 1.165) is 0 Å². The molecule has 0 aromatic heterocycles. The standard InChI is InChI=1S/C18H34/c1-3-5-7-9-11-13-15-17-18-16-14-12-10-8-6-4-2/h15-18H,3-14H2,1-2H3/b17-15-,18-16+. The quantitative estimate of drug-likeness (QED) is 0.248. The Morgan fingerprint density at radius 1 is 0.500 bits per heavy atom. The molecule has 0 aromatic carbocycles. The third-order valence-corrected chi connectivity index (χ3v) is 3.33. The van der Waals surface area contributed by atoms with E-state index < -0.39 is 0 Å². The monoisotopic (exact) mass is 250 g/mol. The second kappa shape index (κ2) is 16.5. The lowest BCUT2D eigenvalue weighted by Crippen LogP contribution is -1.76. The van der Waals surface area contributed by atoms with Gasteiger partial charge in [-0.3, -0.25) is 0 Å². The summed E-state index contributed by atoms with van der Waals surface area (Å²) in [6.07, 6.45) is 25.5. The first-order chi connectivity index (χ1) is 8.91. The Balaban J connectivity index is 3.15. The molecular formula is C18H34. The third-order valence-electron chi connectivity index (χ3n) is 3.33. The van der Waals surface area contributed by atoms with E-state index in [2.05, 4.69) is 38.2 Å². The molecule has 0 N–H and O–H groups in total. The summed E-state index contributed by atoms with van der Waals surface area (Å²) in [5.74, 6) is 0. The van der Waals surface area contributed by atoms with Gasteiger partial charge in [0.2, 0.25) is 0 Å². The number of hydrogen-bond acceptors (Lipinski definition) is 0. The van der Waals surface area contributed by atoms with Crippen LogP contribution in [0.2, 0.25) is 0 Å². The van der Waals surface area contributed by atoms with Gasteiger partial charge in [0.15, 0.2) is 0 Å². The fourth-order valence-corrected chi connectivity index (χ4v) is 2.08. The predicted octanol–water partition coefficient (Wildman–Crippen LogP) is 6.82. The third kappa shape index (κ3) is 15.5. The molecule has 0 saturated carbocycles.